The zero-order valence-corrected chi connectivity index (χ0v) is 25.9. The van der Waals surface area contributed by atoms with Gasteiger partial charge in [-0.3, -0.25) is 29.0 Å². The Hall–Kier alpha value is -4.29. The van der Waals surface area contributed by atoms with Crippen LogP contribution in [0.1, 0.15) is 40.0 Å². The number of amides is 4. The highest BCUT2D eigenvalue weighted by molar-refractivity contribution is 8.01. The van der Waals surface area contributed by atoms with Crippen molar-refractivity contribution in [2.75, 3.05) is 32.1 Å². The fourth-order valence-corrected chi connectivity index (χ4v) is 7.62. The van der Waals surface area contributed by atoms with Gasteiger partial charge in [-0.2, -0.15) is 0 Å². The van der Waals surface area contributed by atoms with Gasteiger partial charge in [0.05, 0.1) is 17.7 Å². The van der Waals surface area contributed by atoms with Crippen LogP contribution in [0.3, 0.4) is 0 Å². The number of aromatic nitrogens is 4. The summed E-state index contributed by atoms with van der Waals surface area (Å²) >= 11 is 2.60. The normalized spacial score (nSPS) is 19.8. The number of rotatable bonds is 14. The minimum Gasteiger partial charge on any atom is -0.480 e. The molecule has 0 bridgehead atoms. The molecule has 2 aromatic rings. The standard InChI is InChI=1S/C27H30N8O8S2/c1-32(2)10-11-33-27(29-30-31-33)45-13-14-12-44-24-19(23(39)35(24)20(14)26(42)43)28-18(36)9-5-8-17(25(40)41)34-21(37)15-6-3-4-7-16(15)22(34)38/h3-4,6-7,17,19,24H,5,8-13H2,1-2H3,(H,28,36)(H,40,41)(H,42,43)/t17?,19-,24+/m1/s1. The molecule has 1 saturated heterocycles. The van der Waals surface area contributed by atoms with Crippen LogP contribution >= 0.6 is 23.5 Å². The highest BCUT2D eigenvalue weighted by atomic mass is 32.2. The van der Waals surface area contributed by atoms with Crippen molar-refractivity contribution in [2.24, 2.45) is 0 Å². The highest BCUT2D eigenvalue weighted by Gasteiger charge is 2.54. The number of carboxylic acids is 2. The number of thioether (sulfide) groups is 2. The summed E-state index contributed by atoms with van der Waals surface area (Å²) in [5.74, 6) is -4.57. The van der Waals surface area contributed by atoms with E-state index in [1.54, 1.807) is 16.8 Å². The third-order valence-corrected chi connectivity index (χ3v) is 9.89. The van der Waals surface area contributed by atoms with E-state index in [2.05, 4.69) is 20.8 Å². The Morgan fingerprint density at radius 1 is 1.13 bits per heavy atom. The first-order valence-electron chi connectivity index (χ1n) is 13.9. The van der Waals surface area contributed by atoms with E-state index in [-0.39, 0.29) is 41.8 Å². The zero-order valence-electron chi connectivity index (χ0n) is 24.3. The molecule has 18 heteroatoms. The van der Waals surface area contributed by atoms with Gasteiger partial charge in [0.15, 0.2) is 0 Å². The Labute approximate surface area is 265 Å². The SMILES string of the molecule is CN(C)CCn1nnnc1SCC1=C(C(=O)O)N2C(=O)[C@@H](NC(=O)CCCC(C(=O)O)N3C(=O)c4ccccc4C3=O)[C@@H]2SC1. The molecule has 1 aromatic carbocycles. The first kappa shape index (κ1) is 32.1. The number of fused-ring (bicyclic) bond motifs is 2. The molecule has 1 fully saturated rings. The van der Waals surface area contributed by atoms with Crippen molar-refractivity contribution in [3.05, 3.63) is 46.7 Å². The Morgan fingerprint density at radius 3 is 2.44 bits per heavy atom. The number of benzene rings is 1. The van der Waals surface area contributed by atoms with E-state index in [0.29, 0.717) is 34.5 Å². The Bertz CT molecular complexity index is 1560. The van der Waals surface area contributed by atoms with Crippen LogP contribution in [0.5, 0.6) is 0 Å². The average Bonchev–Trinajstić information content (AvgIpc) is 3.56. The maximum atomic E-state index is 13.0. The molecule has 0 saturated carbocycles. The molecule has 1 unspecified atom stereocenters. The number of likely N-dealkylation sites (N-methyl/N-ethyl adjacent to an activating group) is 1. The van der Waals surface area contributed by atoms with Gasteiger partial charge in [0.2, 0.25) is 11.1 Å². The number of nitrogens with zero attached hydrogens (tertiary/aromatic N) is 7. The molecule has 3 N–H and O–H groups in total. The summed E-state index contributed by atoms with van der Waals surface area (Å²) in [5, 5.41) is 33.9. The highest BCUT2D eigenvalue weighted by Crippen LogP contribution is 2.41. The Morgan fingerprint density at radius 2 is 1.82 bits per heavy atom. The summed E-state index contributed by atoms with van der Waals surface area (Å²) in [6.07, 6.45) is -0.309. The van der Waals surface area contributed by atoms with Crippen LogP contribution in [-0.2, 0) is 25.7 Å². The van der Waals surface area contributed by atoms with E-state index in [0.717, 1.165) is 0 Å². The van der Waals surface area contributed by atoms with Crippen LogP contribution in [-0.4, -0.2) is 130 Å². The van der Waals surface area contributed by atoms with Gasteiger partial charge >= 0.3 is 11.9 Å². The number of imide groups is 1. The summed E-state index contributed by atoms with van der Waals surface area (Å²) in [7, 11) is 3.85. The Kier molecular flexibility index (Phi) is 9.54. The molecule has 0 aliphatic carbocycles. The summed E-state index contributed by atoms with van der Waals surface area (Å²) in [6, 6.07) is 3.66. The second-order valence-electron chi connectivity index (χ2n) is 10.8. The predicted molar refractivity (Wildman–Crippen MR) is 159 cm³/mol. The molecule has 45 heavy (non-hydrogen) atoms. The smallest absolute Gasteiger partial charge is 0.352 e. The molecule has 16 nitrogen and oxygen atoms in total. The molecule has 238 valence electrons. The number of hydrogen-bond acceptors (Lipinski definition) is 12. The lowest BCUT2D eigenvalue weighted by Crippen LogP contribution is -2.70. The number of nitrogens with one attached hydrogen (secondary N) is 1. The molecule has 4 amide bonds. The fraction of sp³-hybridized carbons (Fsp3) is 0.444. The lowest BCUT2D eigenvalue weighted by molar-refractivity contribution is -0.150. The number of tetrazole rings is 1. The fourth-order valence-electron chi connectivity index (χ4n) is 5.24. The van der Waals surface area contributed by atoms with Gasteiger partial charge in [-0.1, -0.05) is 23.9 Å². The van der Waals surface area contributed by atoms with Gasteiger partial charge < -0.3 is 20.4 Å². The third kappa shape index (κ3) is 6.43. The molecule has 1 aromatic heterocycles. The number of aliphatic carboxylic acids is 2. The van der Waals surface area contributed by atoms with Gasteiger partial charge in [0, 0.05) is 24.5 Å². The summed E-state index contributed by atoms with van der Waals surface area (Å²) in [4.78, 5) is 79.3. The summed E-state index contributed by atoms with van der Waals surface area (Å²) < 4.78 is 1.63. The predicted octanol–water partition coefficient (Wildman–Crippen LogP) is -0.0149. The van der Waals surface area contributed by atoms with Gasteiger partial charge in [-0.25, -0.2) is 14.3 Å². The van der Waals surface area contributed by atoms with Gasteiger partial charge in [0.1, 0.15) is 23.2 Å². The minimum atomic E-state index is -1.46. The van der Waals surface area contributed by atoms with Gasteiger partial charge in [-0.15, -0.1) is 16.9 Å². The molecular formula is C27H30N8O8S2. The molecule has 4 heterocycles. The van der Waals surface area contributed by atoms with E-state index in [9.17, 15) is 39.0 Å². The van der Waals surface area contributed by atoms with Crippen molar-refractivity contribution in [1.82, 2.24) is 40.2 Å². The molecule has 3 atom stereocenters. The lowest BCUT2D eigenvalue weighted by Gasteiger charge is -2.49. The van der Waals surface area contributed by atoms with Gasteiger partial charge in [0.25, 0.3) is 17.7 Å². The van der Waals surface area contributed by atoms with Crippen LogP contribution in [0.2, 0.25) is 0 Å². The molecule has 5 rings (SSSR count). The van der Waals surface area contributed by atoms with Crippen molar-refractivity contribution < 1.29 is 39.0 Å². The van der Waals surface area contributed by atoms with Gasteiger partial charge in [-0.05, 0) is 55.1 Å². The van der Waals surface area contributed by atoms with Crippen molar-refractivity contribution >= 4 is 59.1 Å². The van der Waals surface area contributed by atoms with E-state index >= 15 is 0 Å². The third-order valence-electron chi connectivity index (χ3n) is 7.50. The number of carbonyl (C=O) groups excluding carboxylic acids is 4. The maximum absolute atomic E-state index is 13.0. The molecular weight excluding hydrogens is 628 g/mol. The second kappa shape index (κ2) is 13.4. The van der Waals surface area contributed by atoms with E-state index in [4.69, 9.17) is 0 Å². The molecule has 3 aliphatic rings. The second-order valence-corrected chi connectivity index (χ2v) is 12.8. The molecule has 0 spiro atoms. The van der Waals surface area contributed by atoms with Crippen LogP contribution < -0.4 is 5.32 Å². The van der Waals surface area contributed by atoms with Crippen molar-refractivity contribution in [3.63, 3.8) is 0 Å². The van der Waals surface area contributed by atoms with Crippen molar-refractivity contribution in [3.8, 4) is 0 Å². The van der Waals surface area contributed by atoms with Crippen LogP contribution in [0.4, 0.5) is 0 Å². The number of β-lactam (4-membered cyclic amide) rings is 1. The average molecular weight is 659 g/mol. The summed E-state index contributed by atoms with van der Waals surface area (Å²) in [6.45, 7) is 1.26. The first-order valence-corrected chi connectivity index (χ1v) is 16.0. The topological polar surface area (TPSA) is 208 Å². The Balaban J connectivity index is 1.16. The lowest BCUT2D eigenvalue weighted by atomic mass is 10.0. The quantitative estimate of drug-likeness (QED) is 0.139. The number of carboxylic acid groups (broad SMARTS) is 2. The van der Waals surface area contributed by atoms with Crippen molar-refractivity contribution in [1.29, 1.82) is 0 Å². The summed E-state index contributed by atoms with van der Waals surface area (Å²) in [5.41, 5.74) is 0.656. The van der Waals surface area contributed by atoms with Crippen LogP contribution in [0.15, 0.2) is 40.7 Å². The monoisotopic (exact) mass is 658 g/mol. The van der Waals surface area contributed by atoms with E-state index in [1.165, 1.54) is 40.6 Å². The first-order chi connectivity index (χ1) is 21.5. The van der Waals surface area contributed by atoms with E-state index < -0.39 is 53.0 Å². The largest absolute Gasteiger partial charge is 0.480 e. The number of hydrogen-bond donors (Lipinski definition) is 3. The van der Waals surface area contributed by atoms with Crippen LogP contribution in [0.25, 0.3) is 0 Å². The number of carbonyl (C=O) groups is 6. The van der Waals surface area contributed by atoms with E-state index in [1.807, 2.05) is 19.0 Å². The van der Waals surface area contributed by atoms with Crippen LogP contribution in [0, 0.1) is 0 Å². The maximum Gasteiger partial charge on any atom is 0.352 e. The van der Waals surface area contributed by atoms with Crippen molar-refractivity contribution in [2.45, 2.75) is 48.4 Å². The minimum absolute atomic E-state index is 0.0221. The molecule has 3 aliphatic heterocycles. The zero-order chi connectivity index (χ0) is 32.4. The molecule has 0 radical (unpaired) electrons.